The molecule has 4 heteroatoms. The van der Waals surface area contributed by atoms with Gasteiger partial charge in [0.05, 0.1) is 9.70 Å². The third kappa shape index (κ3) is 2.77. The van der Waals surface area contributed by atoms with E-state index in [-0.39, 0.29) is 17.1 Å². The van der Waals surface area contributed by atoms with E-state index >= 15 is 0 Å². The number of hydrogen-bond donors (Lipinski definition) is 1. The lowest BCUT2D eigenvalue weighted by Gasteiger charge is -2.39. The minimum atomic E-state index is -0.00213. The van der Waals surface area contributed by atoms with Gasteiger partial charge >= 0.3 is 0 Å². The van der Waals surface area contributed by atoms with Crippen molar-refractivity contribution in [2.75, 3.05) is 5.32 Å². The van der Waals surface area contributed by atoms with E-state index in [1.807, 2.05) is 0 Å². The molecule has 1 atom stereocenters. The summed E-state index contributed by atoms with van der Waals surface area (Å²) in [6.45, 7) is 4.37. The fourth-order valence-corrected chi connectivity index (χ4v) is 6.12. The van der Waals surface area contributed by atoms with E-state index in [0.29, 0.717) is 6.42 Å². The van der Waals surface area contributed by atoms with Crippen molar-refractivity contribution in [1.29, 1.82) is 0 Å². The zero-order valence-corrected chi connectivity index (χ0v) is 17.7. The van der Waals surface area contributed by atoms with Crippen LogP contribution in [0.1, 0.15) is 43.0 Å². The zero-order valence-electron chi connectivity index (χ0n) is 15.3. The third-order valence-corrected chi connectivity index (χ3v) is 7.32. The van der Waals surface area contributed by atoms with Crippen LogP contribution in [0.4, 0.5) is 5.69 Å². The molecule has 0 saturated carbocycles. The van der Waals surface area contributed by atoms with E-state index in [1.54, 1.807) is 11.3 Å². The monoisotopic (exact) mass is 437 g/mol. The van der Waals surface area contributed by atoms with Crippen LogP contribution in [0.2, 0.25) is 0 Å². The first-order valence-electron chi connectivity index (χ1n) is 9.23. The Balaban J connectivity index is 1.82. The summed E-state index contributed by atoms with van der Waals surface area (Å²) in [7, 11) is 0. The van der Waals surface area contributed by atoms with Gasteiger partial charge in [0.15, 0.2) is 5.78 Å². The van der Waals surface area contributed by atoms with Gasteiger partial charge in [0.1, 0.15) is 0 Å². The summed E-state index contributed by atoms with van der Waals surface area (Å²) in [6.07, 6.45) is 1.51. The molecule has 3 aromatic rings. The second-order valence-corrected chi connectivity index (χ2v) is 10.8. The molecule has 2 aromatic carbocycles. The quantitative estimate of drug-likeness (QED) is 0.450. The van der Waals surface area contributed by atoms with Gasteiger partial charge < -0.3 is 5.32 Å². The van der Waals surface area contributed by atoms with Gasteiger partial charge in [-0.2, -0.15) is 0 Å². The molecule has 1 N–H and O–H groups in total. The standard InChI is InChI=1S/C23H20BrNOS/c1-23(2)11-16-21(17(26)12-23)22(18-9-10-19(24)27-18)20-14-6-4-3-5-13(14)7-8-15(20)25-16/h3-10,22,25H,11-12H2,1-2H3/t22-/m1/s1. The predicted octanol–water partition coefficient (Wildman–Crippen LogP) is 6.86. The molecule has 0 bridgehead atoms. The molecule has 0 saturated heterocycles. The number of thiophene rings is 1. The number of rotatable bonds is 1. The normalized spacial score (nSPS) is 21.0. The second-order valence-electron chi connectivity index (χ2n) is 8.28. The highest BCUT2D eigenvalue weighted by molar-refractivity contribution is 9.11. The van der Waals surface area contributed by atoms with E-state index in [4.69, 9.17) is 0 Å². The topological polar surface area (TPSA) is 29.1 Å². The van der Waals surface area contributed by atoms with Crippen molar-refractivity contribution >= 4 is 49.5 Å². The van der Waals surface area contributed by atoms with E-state index in [1.165, 1.54) is 21.2 Å². The summed E-state index contributed by atoms with van der Waals surface area (Å²) in [5.74, 6) is 0.282. The third-order valence-electron chi connectivity index (χ3n) is 5.63. The van der Waals surface area contributed by atoms with Crippen molar-refractivity contribution in [1.82, 2.24) is 0 Å². The first kappa shape index (κ1) is 17.2. The number of halogens is 1. The van der Waals surface area contributed by atoms with Crippen LogP contribution in [0.3, 0.4) is 0 Å². The molecule has 0 radical (unpaired) electrons. The van der Waals surface area contributed by atoms with Gasteiger partial charge in [0, 0.05) is 28.3 Å². The van der Waals surface area contributed by atoms with Crippen LogP contribution in [0.5, 0.6) is 0 Å². The molecule has 2 aliphatic rings. The Morgan fingerprint density at radius 1 is 1.07 bits per heavy atom. The van der Waals surface area contributed by atoms with Gasteiger partial charge in [-0.1, -0.05) is 44.2 Å². The summed E-state index contributed by atoms with van der Waals surface area (Å²) in [4.78, 5) is 14.5. The number of ketones is 1. The van der Waals surface area contributed by atoms with Gasteiger partial charge in [-0.05, 0) is 62.3 Å². The van der Waals surface area contributed by atoms with Crippen molar-refractivity contribution in [3.05, 3.63) is 74.0 Å². The Kier molecular flexibility index (Phi) is 3.85. The van der Waals surface area contributed by atoms with Gasteiger partial charge in [-0.15, -0.1) is 11.3 Å². The Morgan fingerprint density at radius 3 is 2.67 bits per heavy atom. The lowest BCUT2D eigenvalue weighted by Crippen LogP contribution is -2.33. The highest BCUT2D eigenvalue weighted by Crippen LogP contribution is 2.52. The van der Waals surface area contributed by atoms with Crippen LogP contribution in [0.25, 0.3) is 10.8 Å². The number of Topliss-reactive ketones (excluding diaryl/α,β-unsaturated/α-hetero) is 1. The number of carbonyl (C=O) groups excluding carboxylic acids is 1. The number of hydrogen-bond acceptors (Lipinski definition) is 3. The zero-order chi connectivity index (χ0) is 18.8. The van der Waals surface area contributed by atoms with Gasteiger partial charge in [-0.3, -0.25) is 4.79 Å². The SMILES string of the molecule is CC1(C)CC(=O)C2=C(C1)Nc1ccc3ccccc3c1[C@H]2c1ccc(Br)s1. The highest BCUT2D eigenvalue weighted by atomic mass is 79.9. The van der Waals surface area contributed by atoms with Crippen LogP contribution in [0, 0.1) is 5.41 Å². The molecule has 0 amide bonds. The fraction of sp³-hybridized carbons (Fsp3) is 0.261. The van der Waals surface area contributed by atoms with E-state index < -0.39 is 0 Å². The van der Waals surface area contributed by atoms with Gasteiger partial charge in [-0.25, -0.2) is 0 Å². The van der Waals surface area contributed by atoms with Crippen molar-refractivity contribution in [2.45, 2.75) is 32.6 Å². The molecule has 0 unspecified atom stereocenters. The largest absolute Gasteiger partial charge is 0.358 e. The Labute approximate surface area is 171 Å². The maximum absolute atomic E-state index is 13.3. The van der Waals surface area contributed by atoms with Crippen LogP contribution in [0.15, 0.2) is 63.6 Å². The first-order chi connectivity index (χ1) is 12.9. The lowest BCUT2D eigenvalue weighted by atomic mass is 9.69. The maximum Gasteiger partial charge on any atom is 0.162 e. The van der Waals surface area contributed by atoms with E-state index in [9.17, 15) is 4.79 Å². The summed E-state index contributed by atoms with van der Waals surface area (Å²) < 4.78 is 1.10. The average molecular weight is 438 g/mol. The van der Waals surface area contributed by atoms with E-state index in [0.717, 1.165) is 27.2 Å². The number of anilines is 1. The summed E-state index contributed by atoms with van der Waals surface area (Å²) in [5, 5.41) is 6.07. The molecule has 5 rings (SSSR count). The van der Waals surface area contributed by atoms with Gasteiger partial charge in [0.25, 0.3) is 0 Å². The second kappa shape index (κ2) is 6.05. The van der Waals surface area contributed by atoms with Gasteiger partial charge in [0.2, 0.25) is 0 Å². The molecule has 0 spiro atoms. The lowest BCUT2D eigenvalue weighted by molar-refractivity contribution is -0.118. The van der Waals surface area contributed by atoms with Crippen LogP contribution >= 0.6 is 27.3 Å². The molecular weight excluding hydrogens is 418 g/mol. The van der Waals surface area contributed by atoms with Crippen molar-refractivity contribution < 1.29 is 4.79 Å². The number of nitrogens with one attached hydrogen (secondary N) is 1. The van der Waals surface area contributed by atoms with Crippen LogP contribution in [-0.4, -0.2) is 5.78 Å². The number of benzene rings is 2. The van der Waals surface area contributed by atoms with Crippen LogP contribution < -0.4 is 5.32 Å². The minimum absolute atomic E-state index is 0.00208. The number of carbonyl (C=O) groups is 1. The molecule has 136 valence electrons. The predicted molar refractivity (Wildman–Crippen MR) is 116 cm³/mol. The minimum Gasteiger partial charge on any atom is -0.358 e. The highest BCUT2D eigenvalue weighted by Gasteiger charge is 2.41. The Hall–Kier alpha value is -1.91. The number of allylic oxidation sites excluding steroid dienone is 2. The molecule has 1 aliphatic heterocycles. The summed E-state index contributed by atoms with van der Waals surface area (Å²) >= 11 is 5.34. The molecule has 2 heterocycles. The fourth-order valence-electron chi connectivity index (χ4n) is 4.57. The summed E-state index contributed by atoms with van der Waals surface area (Å²) in [5.41, 5.74) is 4.43. The summed E-state index contributed by atoms with van der Waals surface area (Å²) in [6, 6.07) is 17.1. The maximum atomic E-state index is 13.3. The average Bonchev–Trinajstić information content (AvgIpc) is 3.04. The van der Waals surface area contributed by atoms with Crippen molar-refractivity contribution in [3.8, 4) is 0 Å². The Morgan fingerprint density at radius 2 is 1.89 bits per heavy atom. The smallest absolute Gasteiger partial charge is 0.162 e. The van der Waals surface area contributed by atoms with Crippen molar-refractivity contribution in [3.63, 3.8) is 0 Å². The molecule has 2 nitrogen and oxygen atoms in total. The Bertz CT molecular complexity index is 1120. The molecule has 0 fully saturated rings. The molecule has 27 heavy (non-hydrogen) atoms. The molecular formula is C23H20BrNOS. The number of fused-ring (bicyclic) bond motifs is 3. The first-order valence-corrected chi connectivity index (χ1v) is 10.8. The molecule has 1 aromatic heterocycles. The van der Waals surface area contributed by atoms with Crippen LogP contribution in [-0.2, 0) is 4.79 Å². The van der Waals surface area contributed by atoms with E-state index in [2.05, 4.69) is 83.6 Å². The van der Waals surface area contributed by atoms with Crippen molar-refractivity contribution in [2.24, 2.45) is 5.41 Å². The molecule has 1 aliphatic carbocycles.